The third-order valence-corrected chi connectivity index (χ3v) is 3.51. The largest absolute Gasteiger partial charge is 0.383 e. The summed E-state index contributed by atoms with van der Waals surface area (Å²) in [6.07, 6.45) is 0. The van der Waals surface area contributed by atoms with Crippen LogP contribution in [0, 0.1) is 0 Å². The van der Waals surface area contributed by atoms with E-state index in [4.69, 9.17) is 4.74 Å². The van der Waals surface area contributed by atoms with Gasteiger partial charge in [-0.15, -0.1) is 0 Å². The molecule has 6 heteroatoms. The summed E-state index contributed by atoms with van der Waals surface area (Å²) in [5, 5.41) is 9.55. The average molecular weight is 292 g/mol. The van der Waals surface area contributed by atoms with Gasteiger partial charge in [-0.05, 0) is 19.2 Å². The molecule has 6 nitrogen and oxygen atoms in total. The molecule has 1 aliphatic rings. The van der Waals surface area contributed by atoms with E-state index in [2.05, 4.69) is 20.9 Å². The molecule has 0 aromatic heterocycles. The molecule has 116 valence electrons. The summed E-state index contributed by atoms with van der Waals surface area (Å²) < 4.78 is 5.03. The number of methoxy groups -OCH3 is 1. The van der Waals surface area contributed by atoms with Crippen molar-refractivity contribution in [2.75, 3.05) is 64.1 Å². The molecule has 1 amide bonds. The minimum atomic E-state index is -0.0387. The molecular formula is C15H24N4O2. The highest BCUT2D eigenvalue weighted by Gasteiger charge is 2.16. The topological polar surface area (TPSA) is 65.6 Å². The highest BCUT2D eigenvalue weighted by Crippen LogP contribution is 2.28. The van der Waals surface area contributed by atoms with Crippen LogP contribution in [0.4, 0.5) is 11.4 Å². The van der Waals surface area contributed by atoms with E-state index in [1.165, 1.54) is 0 Å². The summed E-state index contributed by atoms with van der Waals surface area (Å²) >= 11 is 0. The first-order valence-corrected chi connectivity index (χ1v) is 7.29. The van der Waals surface area contributed by atoms with Crippen molar-refractivity contribution >= 4 is 17.3 Å². The predicted molar refractivity (Wildman–Crippen MR) is 85.1 cm³/mol. The van der Waals surface area contributed by atoms with E-state index in [1.807, 2.05) is 25.2 Å². The Hall–Kier alpha value is -1.79. The molecular weight excluding hydrogens is 268 g/mol. The number of fused-ring (bicyclic) bond motifs is 1. The molecule has 0 saturated heterocycles. The molecule has 0 radical (unpaired) electrons. The zero-order chi connectivity index (χ0) is 15.1. The first-order chi connectivity index (χ1) is 10.2. The molecule has 0 saturated carbocycles. The highest BCUT2D eigenvalue weighted by molar-refractivity contribution is 6.02. The van der Waals surface area contributed by atoms with Crippen LogP contribution >= 0.6 is 0 Å². The van der Waals surface area contributed by atoms with Crippen LogP contribution in [-0.4, -0.2) is 64.3 Å². The fraction of sp³-hybridized carbons (Fsp3) is 0.533. The number of rotatable bonds is 7. The zero-order valence-corrected chi connectivity index (χ0v) is 12.7. The first-order valence-electron chi connectivity index (χ1n) is 7.29. The number of carbonyl (C=O) groups excluding carboxylic acids is 1. The van der Waals surface area contributed by atoms with Crippen molar-refractivity contribution in [2.24, 2.45) is 0 Å². The molecule has 0 bridgehead atoms. The van der Waals surface area contributed by atoms with E-state index in [9.17, 15) is 4.79 Å². The lowest BCUT2D eigenvalue weighted by Gasteiger charge is -2.22. The number of nitrogens with one attached hydrogen (secondary N) is 3. The molecule has 2 rings (SSSR count). The number of hydrogen-bond acceptors (Lipinski definition) is 5. The summed E-state index contributed by atoms with van der Waals surface area (Å²) in [5.74, 6) is -0.0387. The Labute approximate surface area is 125 Å². The van der Waals surface area contributed by atoms with Crippen molar-refractivity contribution in [3.05, 3.63) is 23.8 Å². The molecule has 0 spiro atoms. The lowest BCUT2D eigenvalue weighted by atomic mass is 10.1. The molecule has 0 atom stereocenters. The van der Waals surface area contributed by atoms with Gasteiger partial charge >= 0.3 is 0 Å². The van der Waals surface area contributed by atoms with E-state index in [-0.39, 0.29) is 5.91 Å². The number of hydrogen-bond donors (Lipinski definition) is 3. The van der Waals surface area contributed by atoms with Gasteiger partial charge in [0, 0.05) is 39.8 Å². The number of carbonyl (C=O) groups is 1. The molecule has 21 heavy (non-hydrogen) atoms. The summed E-state index contributed by atoms with van der Waals surface area (Å²) in [7, 11) is 3.70. The van der Waals surface area contributed by atoms with Gasteiger partial charge in [-0.1, -0.05) is 6.07 Å². The second-order valence-corrected chi connectivity index (χ2v) is 5.13. The lowest BCUT2D eigenvalue weighted by Crippen LogP contribution is -2.35. The molecule has 1 aromatic rings. The maximum absolute atomic E-state index is 12.3. The van der Waals surface area contributed by atoms with E-state index < -0.39 is 0 Å². The Bertz CT molecular complexity index is 479. The fourth-order valence-electron chi connectivity index (χ4n) is 2.28. The average Bonchev–Trinajstić information content (AvgIpc) is 2.52. The summed E-state index contributed by atoms with van der Waals surface area (Å²) in [5.41, 5.74) is 2.58. The summed E-state index contributed by atoms with van der Waals surface area (Å²) in [4.78, 5) is 14.4. The standard InChI is InChI=1S/C15H24N4O2/c1-19(10-11-21-2)9-8-18-15(20)12-4-3-5-13-14(12)17-7-6-16-13/h3-5,16-17H,6-11H2,1-2H3,(H,18,20). The molecule has 0 unspecified atom stereocenters. The van der Waals surface area contributed by atoms with Gasteiger partial charge in [0.05, 0.1) is 23.5 Å². The number of nitrogens with zero attached hydrogens (tertiary/aromatic N) is 1. The Morgan fingerprint density at radius 1 is 1.33 bits per heavy atom. The Kier molecular flexibility index (Phi) is 5.83. The predicted octanol–water partition coefficient (Wildman–Crippen LogP) is 0.832. The second kappa shape index (κ2) is 7.85. The van der Waals surface area contributed by atoms with Crippen molar-refractivity contribution in [1.82, 2.24) is 10.2 Å². The number of para-hydroxylation sites is 1. The quantitative estimate of drug-likeness (QED) is 0.695. The number of amides is 1. The van der Waals surface area contributed by atoms with Crippen LogP contribution in [0.2, 0.25) is 0 Å². The number of ether oxygens (including phenoxy) is 1. The van der Waals surface area contributed by atoms with Gasteiger partial charge in [-0.2, -0.15) is 0 Å². The highest BCUT2D eigenvalue weighted by atomic mass is 16.5. The second-order valence-electron chi connectivity index (χ2n) is 5.13. The molecule has 0 aliphatic carbocycles. The van der Waals surface area contributed by atoms with Crippen molar-refractivity contribution in [3.63, 3.8) is 0 Å². The van der Waals surface area contributed by atoms with Gasteiger partial charge in [0.25, 0.3) is 5.91 Å². The summed E-state index contributed by atoms with van der Waals surface area (Å²) in [6, 6.07) is 5.73. The van der Waals surface area contributed by atoms with Gasteiger partial charge < -0.3 is 25.6 Å². The smallest absolute Gasteiger partial charge is 0.253 e. The molecule has 1 aliphatic heterocycles. The monoisotopic (exact) mass is 292 g/mol. The maximum Gasteiger partial charge on any atom is 0.253 e. The normalized spacial score (nSPS) is 13.3. The number of anilines is 2. The molecule has 1 heterocycles. The lowest BCUT2D eigenvalue weighted by molar-refractivity contribution is 0.0948. The van der Waals surface area contributed by atoms with E-state index >= 15 is 0 Å². The minimum Gasteiger partial charge on any atom is -0.383 e. The Balaban J connectivity index is 1.86. The van der Waals surface area contributed by atoms with Crippen LogP contribution < -0.4 is 16.0 Å². The van der Waals surface area contributed by atoms with Crippen molar-refractivity contribution in [3.8, 4) is 0 Å². The third-order valence-electron chi connectivity index (χ3n) is 3.51. The van der Waals surface area contributed by atoms with Gasteiger partial charge in [-0.3, -0.25) is 4.79 Å². The van der Waals surface area contributed by atoms with Crippen LogP contribution in [0.3, 0.4) is 0 Å². The summed E-state index contributed by atoms with van der Waals surface area (Å²) in [6.45, 7) is 4.69. The van der Waals surface area contributed by atoms with Crippen LogP contribution in [-0.2, 0) is 4.74 Å². The fourth-order valence-corrected chi connectivity index (χ4v) is 2.28. The van der Waals surface area contributed by atoms with Crippen molar-refractivity contribution in [1.29, 1.82) is 0 Å². The first kappa shape index (κ1) is 15.6. The molecule has 3 N–H and O–H groups in total. The van der Waals surface area contributed by atoms with E-state index in [0.29, 0.717) is 18.7 Å². The molecule has 1 aromatic carbocycles. The van der Waals surface area contributed by atoms with Gasteiger partial charge in [-0.25, -0.2) is 0 Å². The minimum absolute atomic E-state index is 0.0387. The van der Waals surface area contributed by atoms with Crippen molar-refractivity contribution in [2.45, 2.75) is 0 Å². The SMILES string of the molecule is COCCN(C)CCNC(=O)c1cccc2c1NCCN2. The van der Waals surface area contributed by atoms with E-state index in [1.54, 1.807) is 7.11 Å². The Morgan fingerprint density at radius 2 is 2.14 bits per heavy atom. The van der Waals surface area contributed by atoms with Crippen LogP contribution in [0.5, 0.6) is 0 Å². The number of likely N-dealkylation sites (N-methyl/N-ethyl adjacent to an activating group) is 1. The van der Waals surface area contributed by atoms with E-state index in [0.717, 1.165) is 37.6 Å². The van der Waals surface area contributed by atoms with Crippen LogP contribution in [0.1, 0.15) is 10.4 Å². The van der Waals surface area contributed by atoms with Crippen LogP contribution in [0.25, 0.3) is 0 Å². The van der Waals surface area contributed by atoms with Gasteiger partial charge in [0.2, 0.25) is 0 Å². The number of benzene rings is 1. The zero-order valence-electron chi connectivity index (χ0n) is 12.7. The van der Waals surface area contributed by atoms with Gasteiger partial charge in [0.1, 0.15) is 0 Å². The van der Waals surface area contributed by atoms with Crippen molar-refractivity contribution < 1.29 is 9.53 Å². The van der Waals surface area contributed by atoms with Gasteiger partial charge in [0.15, 0.2) is 0 Å². The van der Waals surface area contributed by atoms with Crippen LogP contribution in [0.15, 0.2) is 18.2 Å². The Morgan fingerprint density at radius 3 is 2.95 bits per heavy atom. The third kappa shape index (κ3) is 4.34. The molecule has 0 fully saturated rings. The maximum atomic E-state index is 12.3.